The van der Waals surface area contributed by atoms with Gasteiger partial charge in [0.15, 0.2) is 0 Å². The summed E-state index contributed by atoms with van der Waals surface area (Å²) in [7, 11) is -2.37. The summed E-state index contributed by atoms with van der Waals surface area (Å²) >= 11 is 0. The maximum absolute atomic E-state index is 13.3. The van der Waals surface area contributed by atoms with Gasteiger partial charge in [-0.1, -0.05) is 36.9 Å². The van der Waals surface area contributed by atoms with E-state index < -0.39 is 10.0 Å². The Labute approximate surface area is 201 Å². The lowest BCUT2D eigenvalue weighted by molar-refractivity contribution is -0.117. The van der Waals surface area contributed by atoms with Gasteiger partial charge < -0.3 is 15.4 Å². The molecule has 0 spiro atoms. The summed E-state index contributed by atoms with van der Waals surface area (Å²) in [4.78, 5) is 24.3. The van der Waals surface area contributed by atoms with E-state index in [9.17, 15) is 18.0 Å². The fourth-order valence-corrected chi connectivity index (χ4v) is 5.45. The SMILES string of the molecule is C=CC(=O)NC1CCCN(S(=O)(=O)c2ccc(C(=O)NCCc3ccccc3)c(OC)c2)CC1. The van der Waals surface area contributed by atoms with Crippen LogP contribution in [0.1, 0.15) is 35.2 Å². The average molecular weight is 486 g/mol. The minimum absolute atomic E-state index is 0.0683. The second kappa shape index (κ2) is 11.8. The van der Waals surface area contributed by atoms with Gasteiger partial charge in [-0.05, 0) is 49.5 Å². The number of hydrogen-bond donors (Lipinski definition) is 2. The maximum Gasteiger partial charge on any atom is 0.255 e. The van der Waals surface area contributed by atoms with E-state index in [0.717, 1.165) is 5.56 Å². The Balaban J connectivity index is 1.67. The number of rotatable bonds is 9. The van der Waals surface area contributed by atoms with Gasteiger partial charge in [0.05, 0.1) is 17.6 Å². The second-order valence-corrected chi connectivity index (χ2v) is 10.0. The number of nitrogens with one attached hydrogen (secondary N) is 2. The standard InChI is InChI=1S/C25H31N3O5S/c1-3-24(29)27-20-10-7-16-28(17-14-20)34(31,32)21-11-12-22(23(18-21)33-2)25(30)26-15-13-19-8-5-4-6-9-19/h3-6,8-9,11-12,18,20H,1,7,10,13-17H2,2H3,(H,26,30)(H,27,29). The first-order chi connectivity index (χ1) is 16.3. The monoisotopic (exact) mass is 485 g/mol. The summed E-state index contributed by atoms with van der Waals surface area (Å²) in [5.41, 5.74) is 1.39. The quantitative estimate of drug-likeness (QED) is 0.531. The second-order valence-electron chi connectivity index (χ2n) is 8.10. The summed E-state index contributed by atoms with van der Waals surface area (Å²) in [6, 6.07) is 14.0. The molecule has 0 aromatic heterocycles. The third-order valence-electron chi connectivity index (χ3n) is 5.82. The van der Waals surface area contributed by atoms with Crippen molar-refractivity contribution in [2.45, 2.75) is 36.6 Å². The molecule has 34 heavy (non-hydrogen) atoms. The van der Waals surface area contributed by atoms with Gasteiger partial charge in [-0.25, -0.2) is 8.42 Å². The highest BCUT2D eigenvalue weighted by molar-refractivity contribution is 7.89. The van der Waals surface area contributed by atoms with Gasteiger partial charge in [0, 0.05) is 31.7 Å². The van der Waals surface area contributed by atoms with E-state index in [1.54, 1.807) is 0 Å². The predicted octanol–water partition coefficient (Wildman–Crippen LogP) is 2.51. The molecule has 0 aliphatic carbocycles. The van der Waals surface area contributed by atoms with Crippen LogP contribution in [-0.4, -0.2) is 57.3 Å². The first-order valence-electron chi connectivity index (χ1n) is 11.3. The Kier molecular flexibility index (Phi) is 8.84. The summed E-state index contributed by atoms with van der Waals surface area (Å²) in [6.45, 7) is 4.54. The molecule has 1 aliphatic heterocycles. The van der Waals surface area contributed by atoms with Crippen LogP contribution in [0.2, 0.25) is 0 Å². The van der Waals surface area contributed by atoms with Crippen LogP contribution < -0.4 is 15.4 Å². The lowest BCUT2D eigenvalue weighted by atomic mass is 10.1. The number of benzene rings is 2. The number of sulfonamides is 1. The van der Waals surface area contributed by atoms with Crippen LogP contribution in [0.25, 0.3) is 0 Å². The molecular weight excluding hydrogens is 454 g/mol. The molecule has 2 aromatic rings. The van der Waals surface area contributed by atoms with Gasteiger partial charge in [-0.3, -0.25) is 9.59 Å². The summed E-state index contributed by atoms with van der Waals surface area (Å²) < 4.78 is 33.3. The van der Waals surface area contributed by atoms with Gasteiger partial charge in [0.25, 0.3) is 5.91 Å². The Morgan fingerprint density at radius 3 is 2.62 bits per heavy atom. The maximum atomic E-state index is 13.3. The molecule has 1 saturated heterocycles. The largest absolute Gasteiger partial charge is 0.496 e. The molecule has 1 atom stereocenters. The highest BCUT2D eigenvalue weighted by Crippen LogP contribution is 2.27. The molecule has 2 aromatic carbocycles. The van der Waals surface area contributed by atoms with E-state index in [0.29, 0.717) is 38.8 Å². The fourth-order valence-electron chi connectivity index (χ4n) is 3.94. The summed E-state index contributed by atoms with van der Waals surface area (Å²) in [5.74, 6) is -0.389. The minimum atomic E-state index is -3.78. The molecule has 1 fully saturated rings. The molecule has 182 valence electrons. The minimum Gasteiger partial charge on any atom is -0.496 e. The Morgan fingerprint density at radius 1 is 1.15 bits per heavy atom. The van der Waals surface area contributed by atoms with Crippen LogP contribution >= 0.6 is 0 Å². The van der Waals surface area contributed by atoms with Crippen molar-refractivity contribution < 1.29 is 22.7 Å². The molecule has 0 radical (unpaired) electrons. The highest BCUT2D eigenvalue weighted by atomic mass is 32.2. The van der Waals surface area contributed by atoms with Crippen molar-refractivity contribution in [3.05, 3.63) is 72.3 Å². The van der Waals surface area contributed by atoms with E-state index in [1.807, 2.05) is 30.3 Å². The number of carbonyl (C=O) groups is 2. The van der Waals surface area contributed by atoms with Crippen molar-refractivity contribution in [2.24, 2.45) is 0 Å². The summed E-state index contributed by atoms with van der Waals surface area (Å²) in [5, 5.41) is 5.70. The topological polar surface area (TPSA) is 105 Å². The predicted molar refractivity (Wildman–Crippen MR) is 130 cm³/mol. The van der Waals surface area contributed by atoms with Crippen molar-refractivity contribution in [3.63, 3.8) is 0 Å². The Hall–Kier alpha value is -3.17. The molecule has 2 N–H and O–H groups in total. The van der Waals surface area contributed by atoms with E-state index in [4.69, 9.17) is 4.74 Å². The highest BCUT2D eigenvalue weighted by Gasteiger charge is 2.29. The molecule has 8 nitrogen and oxygen atoms in total. The Morgan fingerprint density at radius 2 is 1.91 bits per heavy atom. The molecule has 0 bridgehead atoms. The molecule has 2 amide bonds. The third kappa shape index (κ3) is 6.45. The lowest BCUT2D eigenvalue weighted by Crippen LogP contribution is -2.36. The third-order valence-corrected chi connectivity index (χ3v) is 7.71. The molecule has 9 heteroatoms. The van der Waals surface area contributed by atoms with E-state index in [-0.39, 0.29) is 40.6 Å². The van der Waals surface area contributed by atoms with E-state index in [2.05, 4.69) is 17.2 Å². The van der Waals surface area contributed by atoms with Crippen molar-refractivity contribution in [2.75, 3.05) is 26.7 Å². The normalized spacial score (nSPS) is 16.8. The van der Waals surface area contributed by atoms with Gasteiger partial charge in [-0.15, -0.1) is 0 Å². The number of amides is 2. The van der Waals surface area contributed by atoms with Crippen LogP contribution in [0.15, 0.2) is 66.1 Å². The van der Waals surface area contributed by atoms with Crippen LogP contribution in [-0.2, 0) is 21.2 Å². The van der Waals surface area contributed by atoms with Gasteiger partial charge in [-0.2, -0.15) is 4.31 Å². The number of hydrogen-bond acceptors (Lipinski definition) is 5. The fraction of sp³-hybridized carbons (Fsp3) is 0.360. The van der Waals surface area contributed by atoms with Crippen molar-refractivity contribution in [1.82, 2.24) is 14.9 Å². The molecule has 0 saturated carbocycles. The molecule has 1 unspecified atom stereocenters. The summed E-state index contributed by atoms with van der Waals surface area (Å²) in [6.07, 6.45) is 3.73. The molecule has 1 heterocycles. The molecular formula is C25H31N3O5S. The molecule has 1 aliphatic rings. The number of carbonyl (C=O) groups excluding carboxylic acids is 2. The average Bonchev–Trinajstić information content (AvgIpc) is 3.10. The van der Waals surface area contributed by atoms with Crippen LogP contribution in [0, 0.1) is 0 Å². The number of methoxy groups -OCH3 is 1. The Bertz CT molecular complexity index is 1120. The van der Waals surface area contributed by atoms with Crippen molar-refractivity contribution >= 4 is 21.8 Å². The van der Waals surface area contributed by atoms with Crippen LogP contribution in [0.4, 0.5) is 0 Å². The first-order valence-corrected chi connectivity index (χ1v) is 12.7. The van der Waals surface area contributed by atoms with Gasteiger partial charge in [0.1, 0.15) is 5.75 Å². The smallest absolute Gasteiger partial charge is 0.255 e. The molecule has 3 rings (SSSR count). The number of ether oxygens (including phenoxy) is 1. The van der Waals surface area contributed by atoms with Crippen LogP contribution in [0.3, 0.4) is 0 Å². The zero-order valence-electron chi connectivity index (χ0n) is 19.3. The van der Waals surface area contributed by atoms with Crippen molar-refractivity contribution in [1.29, 1.82) is 0 Å². The first kappa shape index (κ1) is 25.5. The van der Waals surface area contributed by atoms with E-state index in [1.165, 1.54) is 35.7 Å². The number of nitrogens with zero attached hydrogens (tertiary/aromatic N) is 1. The van der Waals surface area contributed by atoms with Crippen LogP contribution in [0.5, 0.6) is 5.75 Å². The van der Waals surface area contributed by atoms with E-state index >= 15 is 0 Å². The zero-order valence-corrected chi connectivity index (χ0v) is 20.1. The van der Waals surface area contributed by atoms with Gasteiger partial charge in [0.2, 0.25) is 15.9 Å². The zero-order chi connectivity index (χ0) is 24.6. The lowest BCUT2D eigenvalue weighted by Gasteiger charge is -2.21. The van der Waals surface area contributed by atoms with Gasteiger partial charge >= 0.3 is 0 Å². The van der Waals surface area contributed by atoms with Crippen molar-refractivity contribution in [3.8, 4) is 5.75 Å².